The van der Waals surface area contributed by atoms with Gasteiger partial charge >= 0.3 is 0 Å². The molecule has 5 rings (SSSR count). The van der Waals surface area contributed by atoms with Crippen molar-refractivity contribution in [1.29, 1.82) is 0 Å². The van der Waals surface area contributed by atoms with Gasteiger partial charge < -0.3 is 9.42 Å². The number of anilines is 1. The molecule has 0 aliphatic carbocycles. The summed E-state index contributed by atoms with van der Waals surface area (Å²) in [5.41, 5.74) is 4.46. The lowest BCUT2D eigenvalue weighted by atomic mass is 10.1. The molecule has 180 valence electrons. The van der Waals surface area contributed by atoms with E-state index in [2.05, 4.69) is 21.7 Å². The van der Waals surface area contributed by atoms with Crippen molar-refractivity contribution in [2.75, 3.05) is 4.72 Å². The summed E-state index contributed by atoms with van der Waals surface area (Å²) in [7, 11) is -3.92. The predicted molar refractivity (Wildman–Crippen MR) is 136 cm³/mol. The Morgan fingerprint density at radius 2 is 1.78 bits per heavy atom. The second-order valence-electron chi connectivity index (χ2n) is 8.57. The van der Waals surface area contributed by atoms with Crippen LogP contribution in [0.3, 0.4) is 0 Å². The first-order valence-corrected chi connectivity index (χ1v) is 12.8. The Bertz CT molecular complexity index is 1630. The van der Waals surface area contributed by atoms with E-state index < -0.39 is 10.0 Å². The molecule has 0 radical (unpaired) electrons. The third-order valence-corrected chi connectivity index (χ3v) is 7.49. The van der Waals surface area contributed by atoms with E-state index in [0.29, 0.717) is 46.9 Å². The lowest BCUT2D eigenvalue weighted by molar-refractivity contribution is 0.0767. The first-order valence-electron chi connectivity index (χ1n) is 11.3. The molecule has 0 fully saturated rings. The standard InChI is InChI=1S/C28H23N3O4S/c1-19-20(2)35-29-26(19)15-14-21-10-6-11-23(16-21)36(33,34)30-27-13-7-12-24-25(27)18-31(28(24)32)17-22-8-4-3-5-9-22/h3-13,16,30H,17-18H2,1-2H3. The number of carbonyl (C=O) groups is 1. The zero-order chi connectivity index (χ0) is 25.3. The third-order valence-electron chi connectivity index (χ3n) is 6.13. The summed E-state index contributed by atoms with van der Waals surface area (Å²) in [5.74, 6) is 6.45. The van der Waals surface area contributed by atoms with Crippen molar-refractivity contribution in [2.45, 2.75) is 31.8 Å². The molecule has 0 saturated carbocycles. The first kappa shape index (κ1) is 23.4. The van der Waals surface area contributed by atoms with Crippen LogP contribution in [0.25, 0.3) is 0 Å². The molecule has 2 heterocycles. The number of sulfonamides is 1. The summed E-state index contributed by atoms with van der Waals surface area (Å²) in [4.78, 5) is 14.8. The number of amides is 1. The van der Waals surface area contributed by atoms with Gasteiger partial charge in [-0.15, -0.1) is 0 Å². The lowest BCUT2D eigenvalue weighted by Gasteiger charge is -2.16. The minimum Gasteiger partial charge on any atom is -0.360 e. The van der Waals surface area contributed by atoms with E-state index in [1.54, 1.807) is 42.2 Å². The number of hydrogen-bond donors (Lipinski definition) is 1. The predicted octanol–water partition coefficient (Wildman–Crippen LogP) is 4.65. The number of carbonyl (C=O) groups excluding carboxylic acids is 1. The second kappa shape index (κ2) is 9.36. The molecule has 0 unspecified atom stereocenters. The van der Waals surface area contributed by atoms with Gasteiger partial charge in [0.05, 0.1) is 10.6 Å². The molecular formula is C28H23N3O4S. The molecule has 1 aliphatic rings. The highest BCUT2D eigenvalue weighted by atomic mass is 32.2. The van der Waals surface area contributed by atoms with Crippen LogP contribution in [-0.2, 0) is 23.1 Å². The number of fused-ring (bicyclic) bond motifs is 1. The Labute approximate surface area is 209 Å². The number of benzene rings is 3. The molecule has 1 aromatic heterocycles. The van der Waals surface area contributed by atoms with Crippen molar-refractivity contribution >= 4 is 21.6 Å². The smallest absolute Gasteiger partial charge is 0.261 e. The van der Waals surface area contributed by atoms with Gasteiger partial charge in [-0.05, 0) is 55.7 Å². The number of hydrogen-bond acceptors (Lipinski definition) is 5. The molecule has 0 atom stereocenters. The van der Waals surface area contributed by atoms with Gasteiger partial charge in [0.1, 0.15) is 5.76 Å². The van der Waals surface area contributed by atoms with E-state index in [4.69, 9.17) is 4.52 Å². The lowest BCUT2D eigenvalue weighted by Crippen LogP contribution is -2.23. The van der Waals surface area contributed by atoms with E-state index in [1.807, 2.05) is 37.3 Å². The maximum Gasteiger partial charge on any atom is 0.261 e. The van der Waals surface area contributed by atoms with Crippen molar-refractivity contribution in [3.05, 3.63) is 112 Å². The molecule has 8 heteroatoms. The largest absolute Gasteiger partial charge is 0.360 e. The molecule has 4 aromatic rings. The van der Waals surface area contributed by atoms with Gasteiger partial charge in [0.2, 0.25) is 0 Å². The van der Waals surface area contributed by atoms with Crippen molar-refractivity contribution in [3.63, 3.8) is 0 Å². The quantitative estimate of drug-likeness (QED) is 0.405. The number of aryl methyl sites for hydroxylation is 1. The van der Waals surface area contributed by atoms with Crippen LogP contribution < -0.4 is 4.72 Å². The fourth-order valence-electron chi connectivity index (χ4n) is 4.03. The van der Waals surface area contributed by atoms with Crippen molar-refractivity contribution < 1.29 is 17.7 Å². The van der Waals surface area contributed by atoms with Crippen LogP contribution in [-0.4, -0.2) is 24.4 Å². The molecule has 1 aliphatic heterocycles. The Hall–Kier alpha value is -4.35. The first-order chi connectivity index (χ1) is 17.3. The number of rotatable bonds is 5. The van der Waals surface area contributed by atoms with Gasteiger partial charge in [-0.2, -0.15) is 0 Å². The van der Waals surface area contributed by atoms with Gasteiger partial charge in [-0.1, -0.05) is 53.5 Å². The summed E-state index contributed by atoms with van der Waals surface area (Å²) >= 11 is 0. The zero-order valence-corrected chi connectivity index (χ0v) is 20.6. The number of nitrogens with zero attached hydrogens (tertiary/aromatic N) is 2. The summed E-state index contributed by atoms with van der Waals surface area (Å²) < 4.78 is 34.3. The molecule has 0 bridgehead atoms. The number of aromatic nitrogens is 1. The normalized spacial score (nSPS) is 12.7. The molecule has 7 nitrogen and oxygen atoms in total. The van der Waals surface area contributed by atoms with Crippen molar-refractivity contribution in [1.82, 2.24) is 10.1 Å². The Morgan fingerprint density at radius 1 is 1.00 bits per heavy atom. The number of nitrogens with one attached hydrogen (secondary N) is 1. The molecular weight excluding hydrogens is 474 g/mol. The Balaban J connectivity index is 1.39. The Morgan fingerprint density at radius 3 is 2.53 bits per heavy atom. The van der Waals surface area contributed by atoms with Crippen molar-refractivity contribution in [2.24, 2.45) is 0 Å². The van der Waals surface area contributed by atoms with Crippen molar-refractivity contribution in [3.8, 4) is 11.8 Å². The van der Waals surface area contributed by atoms with Gasteiger partial charge in [0.15, 0.2) is 5.69 Å². The van der Waals surface area contributed by atoms with E-state index >= 15 is 0 Å². The van der Waals surface area contributed by atoms with Crippen LogP contribution in [0, 0.1) is 25.7 Å². The van der Waals surface area contributed by atoms with E-state index in [1.165, 1.54) is 12.1 Å². The fraction of sp³-hybridized carbons (Fsp3) is 0.143. The molecule has 1 amide bonds. The van der Waals surface area contributed by atoms with Crippen LogP contribution in [0.4, 0.5) is 5.69 Å². The summed E-state index contributed by atoms with van der Waals surface area (Å²) in [6.45, 7) is 4.45. The van der Waals surface area contributed by atoms with Crippen LogP contribution >= 0.6 is 0 Å². The van der Waals surface area contributed by atoms with Crippen LogP contribution in [0.2, 0.25) is 0 Å². The fourth-order valence-corrected chi connectivity index (χ4v) is 5.17. The van der Waals surface area contributed by atoms with Gasteiger partial charge in [-0.3, -0.25) is 9.52 Å². The summed E-state index contributed by atoms with van der Waals surface area (Å²) in [5, 5.41) is 3.92. The topological polar surface area (TPSA) is 92.5 Å². The maximum atomic E-state index is 13.3. The highest BCUT2D eigenvalue weighted by Gasteiger charge is 2.30. The SMILES string of the molecule is Cc1onc(C#Cc2cccc(S(=O)(=O)Nc3cccc4c3CN(Cc3ccccc3)C4=O)c2)c1C. The molecule has 1 N–H and O–H groups in total. The minimum atomic E-state index is -3.92. The monoisotopic (exact) mass is 497 g/mol. The van der Waals surface area contributed by atoms with E-state index in [0.717, 1.165) is 11.1 Å². The van der Waals surface area contributed by atoms with Crippen LogP contribution in [0.1, 0.15) is 44.1 Å². The molecule has 3 aromatic carbocycles. The van der Waals surface area contributed by atoms with Crippen LogP contribution in [0.5, 0.6) is 0 Å². The third kappa shape index (κ3) is 4.61. The molecule has 0 spiro atoms. The zero-order valence-electron chi connectivity index (χ0n) is 19.8. The molecule has 0 saturated heterocycles. The van der Waals surface area contributed by atoms with Crippen LogP contribution in [0.15, 0.2) is 82.2 Å². The average Bonchev–Trinajstić information content (AvgIpc) is 3.37. The average molecular weight is 498 g/mol. The maximum absolute atomic E-state index is 13.3. The Kier molecular flexibility index (Phi) is 6.08. The minimum absolute atomic E-state index is 0.0745. The van der Waals surface area contributed by atoms with Gasteiger partial charge in [-0.25, -0.2) is 8.42 Å². The highest BCUT2D eigenvalue weighted by molar-refractivity contribution is 7.92. The van der Waals surface area contributed by atoms with E-state index in [-0.39, 0.29) is 10.8 Å². The summed E-state index contributed by atoms with van der Waals surface area (Å²) in [6.07, 6.45) is 0. The highest BCUT2D eigenvalue weighted by Crippen LogP contribution is 2.31. The van der Waals surface area contributed by atoms with Gasteiger partial charge in [0.25, 0.3) is 15.9 Å². The van der Waals surface area contributed by atoms with E-state index in [9.17, 15) is 13.2 Å². The second-order valence-corrected chi connectivity index (χ2v) is 10.3. The molecule has 36 heavy (non-hydrogen) atoms. The van der Waals surface area contributed by atoms with Gasteiger partial charge in [0, 0.05) is 35.3 Å². The summed E-state index contributed by atoms with van der Waals surface area (Å²) in [6, 6.07) is 21.2.